The quantitative estimate of drug-likeness (QED) is 0.654. The molecule has 0 radical (unpaired) electrons. The molecule has 0 fully saturated rings. The predicted molar refractivity (Wildman–Crippen MR) is 100 cm³/mol. The first-order chi connectivity index (χ1) is 11.7. The van der Waals surface area contributed by atoms with Crippen molar-refractivity contribution in [2.75, 3.05) is 0 Å². The molecule has 0 saturated carbocycles. The highest BCUT2D eigenvalue weighted by Gasteiger charge is 2.11. The van der Waals surface area contributed by atoms with E-state index in [4.69, 9.17) is 0 Å². The van der Waals surface area contributed by atoms with E-state index in [1.165, 1.54) is 5.56 Å². The minimum absolute atomic E-state index is 0.0445. The standard InChI is InChI=1S/C19H18N2OS2/c1-14-6-8-15(9-7-14)10-20-19(22)17-4-2-3-5-18(17)24-12-16-11-23-13-21-16/h2-9,11,13H,10,12H2,1H3,(H,20,22). The molecule has 1 N–H and O–H groups in total. The highest BCUT2D eigenvalue weighted by Crippen LogP contribution is 2.26. The van der Waals surface area contributed by atoms with Gasteiger partial charge in [-0.1, -0.05) is 42.0 Å². The van der Waals surface area contributed by atoms with E-state index in [2.05, 4.69) is 29.4 Å². The molecule has 0 spiro atoms. The van der Waals surface area contributed by atoms with Gasteiger partial charge >= 0.3 is 0 Å². The number of nitrogens with one attached hydrogen (secondary N) is 1. The summed E-state index contributed by atoms with van der Waals surface area (Å²) < 4.78 is 0. The topological polar surface area (TPSA) is 42.0 Å². The highest BCUT2D eigenvalue weighted by molar-refractivity contribution is 7.98. The van der Waals surface area contributed by atoms with Crippen LogP contribution in [0.2, 0.25) is 0 Å². The zero-order valence-electron chi connectivity index (χ0n) is 13.4. The van der Waals surface area contributed by atoms with E-state index in [1.807, 2.05) is 47.3 Å². The summed E-state index contributed by atoms with van der Waals surface area (Å²) in [5.74, 6) is 0.725. The number of benzene rings is 2. The lowest BCUT2D eigenvalue weighted by atomic mass is 10.1. The van der Waals surface area contributed by atoms with E-state index in [1.54, 1.807) is 23.1 Å². The Morgan fingerprint density at radius 3 is 2.71 bits per heavy atom. The van der Waals surface area contributed by atoms with E-state index in [0.717, 1.165) is 21.9 Å². The number of nitrogens with zero attached hydrogens (tertiary/aromatic N) is 1. The third-order valence-electron chi connectivity index (χ3n) is 3.56. The van der Waals surface area contributed by atoms with Gasteiger partial charge in [0.2, 0.25) is 0 Å². The molecule has 0 atom stereocenters. The summed E-state index contributed by atoms with van der Waals surface area (Å²) in [6.07, 6.45) is 0. The zero-order valence-corrected chi connectivity index (χ0v) is 15.0. The molecule has 1 aromatic heterocycles. The first-order valence-electron chi connectivity index (χ1n) is 7.65. The SMILES string of the molecule is Cc1ccc(CNC(=O)c2ccccc2SCc2cscn2)cc1. The minimum Gasteiger partial charge on any atom is -0.348 e. The molecule has 3 aromatic rings. The molecule has 0 aliphatic rings. The maximum absolute atomic E-state index is 12.5. The number of hydrogen-bond donors (Lipinski definition) is 1. The van der Waals surface area contributed by atoms with Crippen molar-refractivity contribution in [3.05, 3.63) is 81.8 Å². The van der Waals surface area contributed by atoms with Crippen molar-refractivity contribution in [1.82, 2.24) is 10.3 Å². The van der Waals surface area contributed by atoms with Crippen LogP contribution in [-0.2, 0) is 12.3 Å². The lowest BCUT2D eigenvalue weighted by Crippen LogP contribution is -2.23. The molecule has 5 heteroatoms. The van der Waals surface area contributed by atoms with Gasteiger partial charge in [0.15, 0.2) is 0 Å². The number of rotatable bonds is 6. The number of thiazole rings is 1. The second-order valence-electron chi connectivity index (χ2n) is 5.43. The van der Waals surface area contributed by atoms with Crippen LogP contribution < -0.4 is 5.32 Å². The predicted octanol–water partition coefficient (Wildman–Crippen LogP) is 4.67. The molecular formula is C19H18N2OS2. The van der Waals surface area contributed by atoms with Gasteiger partial charge in [0, 0.05) is 22.6 Å². The fourth-order valence-electron chi connectivity index (χ4n) is 2.22. The van der Waals surface area contributed by atoms with Crippen LogP contribution in [0.15, 0.2) is 64.3 Å². The average molecular weight is 355 g/mol. The van der Waals surface area contributed by atoms with Crippen LogP contribution in [0.5, 0.6) is 0 Å². The number of carbonyl (C=O) groups excluding carboxylic acids is 1. The van der Waals surface area contributed by atoms with Crippen LogP contribution in [0.1, 0.15) is 27.2 Å². The summed E-state index contributed by atoms with van der Waals surface area (Å²) >= 11 is 3.23. The van der Waals surface area contributed by atoms with Crippen LogP contribution >= 0.6 is 23.1 Å². The average Bonchev–Trinajstić information content (AvgIpc) is 3.13. The molecule has 3 nitrogen and oxygen atoms in total. The van der Waals surface area contributed by atoms with Crippen molar-refractivity contribution in [2.24, 2.45) is 0 Å². The van der Waals surface area contributed by atoms with Gasteiger partial charge in [-0.3, -0.25) is 4.79 Å². The van der Waals surface area contributed by atoms with Gasteiger partial charge in [0.25, 0.3) is 5.91 Å². The number of aromatic nitrogens is 1. The first kappa shape index (κ1) is 16.7. The van der Waals surface area contributed by atoms with Crippen molar-refractivity contribution in [2.45, 2.75) is 24.1 Å². The van der Waals surface area contributed by atoms with E-state index in [9.17, 15) is 4.79 Å². The Hall–Kier alpha value is -2.11. The number of amides is 1. The molecule has 0 aliphatic carbocycles. The number of carbonyl (C=O) groups is 1. The Morgan fingerprint density at radius 1 is 1.17 bits per heavy atom. The third kappa shape index (κ3) is 4.46. The second-order valence-corrected chi connectivity index (χ2v) is 7.17. The molecule has 0 bridgehead atoms. The van der Waals surface area contributed by atoms with Gasteiger partial charge in [-0.25, -0.2) is 4.98 Å². The van der Waals surface area contributed by atoms with E-state index in [0.29, 0.717) is 12.1 Å². The van der Waals surface area contributed by atoms with Gasteiger partial charge in [0.05, 0.1) is 16.8 Å². The largest absolute Gasteiger partial charge is 0.348 e. The Balaban J connectivity index is 1.64. The summed E-state index contributed by atoms with van der Waals surface area (Å²) in [5, 5.41) is 5.04. The number of hydrogen-bond acceptors (Lipinski definition) is 4. The molecule has 24 heavy (non-hydrogen) atoms. The van der Waals surface area contributed by atoms with Crippen molar-refractivity contribution < 1.29 is 4.79 Å². The Labute approximate surface area is 150 Å². The number of thioether (sulfide) groups is 1. The molecule has 2 aromatic carbocycles. The van der Waals surface area contributed by atoms with E-state index < -0.39 is 0 Å². The summed E-state index contributed by atoms with van der Waals surface area (Å²) in [4.78, 5) is 17.8. The normalized spacial score (nSPS) is 10.5. The molecule has 0 saturated heterocycles. The summed E-state index contributed by atoms with van der Waals surface area (Å²) in [5.41, 5.74) is 5.90. The molecule has 0 aliphatic heterocycles. The van der Waals surface area contributed by atoms with Gasteiger partial charge in [-0.05, 0) is 24.6 Å². The third-order valence-corrected chi connectivity index (χ3v) is 5.31. The summed E-state index contributed by atoms with van der Waals surface area (Å²) in [6.45, 7) is 2.59. The van der Waals surface area contributed by atoms with Gasteiger partial charge in [0.1, 0.15) is 0 Å². The van der Waals surface area contributed by atoms with Crippen LogP contribution in [0.25, 0.3) is 0 Å². The van der Waals surface area contributed by atoms with Crippen molar-refractivity contribution in [1.29, 1.82) is 0 Å². The van der Waals surface area contributed by atoms with Crippen molar-refractivity contribution in [3.8, 4) is 0 Å². The highest BCUT2D eigenvalue weighted by atomic mass is 32.2. The van der Waals surface area contributed by atoms with Crippen LogP contribution in [0.4, 0.5) is 0 Å². The second kappa shape index (κ2) is 8.13. The molecular weight excluding hydrogens is 336 g/mol. The minimum atomic E-state index is -0.0445. The van der Waals surface area contributed by atoms with Gasteiger partial charge in [-0.15, -0.1) is 23.1 Å². The van der Waals surface area contributed by atoms with Crippen LogP contribution in [0.3, 0.4) is 0 Å². The summed E-state index contributed by atoms with van der Waals surface area (Å²) in [6, 6.07) is 15.9. The Bertz CT molecular complexity index is 798. The smallest absolute Gasteiger partial charge is 0.252 e. The van der Waals surface area contributed by atoms with Crippen molar-refractivity contribution >= 4 is 29.0 Å². The van der Waals surface area contributed by atoms with Crippen LogP contribution in [0, 0.1) is 6.92 Å². The molecule has 3 rings (SSSR count). The number of aryl methyl sites for hydroxylation is 1. The maximum atomic E-state index is 12.5. The fourth-order valence-corrected chi connectivity index (χ4v) is 3.84. The van der Waals surface area contributed by atoms with Crippen molar-refractivity contribution in [3.63, 3.8) is 0 Å². The van der Waals surface area contributed by atoms with E-state index >= 15 is 0 Å². The van der Waals surface area contributed by atoms with Crippen LogP contribution in [-0.4, -0.2) is 10.9 Å². The lowest BCUT2D eigenvalue weighted by molar-refractivity contribution is 0.0948. The Kier molecular flexibility index (Phi) is 5.67. The first-order valence-corrected chi connectivity index (χ1v) is 9.58. The molecule has 1 heterocycles. The molecule has 0 unspecified atom stereocenters. The maximum Gasteiger partial charge on any atom is 0.252 e. The summed E-state index contributed by atoms with van der Waals surface area (Å²) in [7, 11) is 0. The zero-order chi connectivity index (χ0) is 16.8. The molecule has 122 valence electrons. The van der Waals surface area contributed by atoms with Gasteiger partial charge in [-0.2, -0.15) is 0 Å². The molecule has 1 amide bonds. The fraction of sp³-hybridized carbons (Fsp3) is 0.158. The Morgan fingerprint density at radius 2 is 1.96 bits per heavy atom. The van der Waals surface area contributed by atoms with Gasteiger partial charge < -0.3 is 5.32 Å². The lowest BCUT2D eigenvalue weighted by Gasteiger charge is -2.10. The monoisotopic (exact) mass is 354 g/mol. The van der Waals surface area contributed by atoms with E-state index in [-0.39, 0.29) is 5.91 Å².